The van der Waals surface area contributed by atoms with E-state index in [1.807, 2.05) is 42.6 Å². The van der Waals surface area contributed by atoms with E-state index in [0.717, 1.165) is 30.8 Å². The molecule has 2 aromatic carbocycles. The molecule has 1 aromatic heterocycles. The molecule has 1 aliphatic rings. The molecule has 1 N–H and O–H groups in total. The molecule has 0 aliphatic carbocycles. The minimum atomic E-state index is -0.0586. The largest absolute Gasteiger partial charge is 0.348 e. The van der Waals surface area contributed by atoms with Gasteiger partial charge in [-0.05, 0) is 37.1 Å². The van der Waals surface area contributed by atoms with Gasteiger partial charge >= 0.3 is 0 Å². The molecule has 0 bridgehead atoms. The van der Waals surface area contributed by atoms with Crippen molar-refractivity contribution >= 4 is 12.0 Å². The second-order valence-electron chi connectivity index (χ2n) is 7.46. The fourth-order valence-electron chi connectivity index (χ4n) is 3.77. The van der Waals surface area contributed by atoms with E-state index in [1.165, 1.54) is 5.56 Å². The zero-order chi connectivity index (χ0) is 20.1. The second kappa shape index (κ2) is 8.88. The van der Waals surface area contributed by atoms with Gasteiger partial charge in [0.15, 0.2) is 0 Å². The Labute approximate surface area is 171 Å². The maximum atomic E-state index is 12.4. The van der Waals surface area contributed by atoms with Crippen LogP contribution in [-0.4, -0.2) is 39.7 Å². The van der Waals surface area contributed by atoms with Gasteiger partial charge < -0.3 is 5.32 Å². The minimum absolute atomic E-state index is 0.0586. The standard InChI is InChI=1S/C24H26N4O/c1-19(21-8-4-2-5-9-21)27-15-14-22(18-27)26-24(29)13-12-20-16-25-28(17-20)23-10-6-3-7-11-23/h2-13,16-17,19,22H,14-15,18H2,1H3,(H,26,29)/b13-12+. The molecule has 148 valence electrons. The number of aromatic nitrogens is 2. The third-order valence-corrected chi connectivity index (χ3v) is 5.45. The van der Waals surface area contributed by atoms with Crippen molar-refractivity contribution in [3.05, 3.63) is 90.3 Å². The van der Waals surface area contributed by atoms with E-state index >= 15 is 0 Å². The molecule has 0 spiro atoms. The fourth-order valence-corrected chi connectivity index (χ4v) is 3.77. The van der Waals surface area contributed by atoms with Crippen LogP contribution in [0.5, 0.6) is 0 Å². The summed E-state index contributed by atoms with van der Waals surface area (Å²) < 4.78 is 1.80. The van der Waals surface area contributed by atoms with Crippen molar-refractivity contribution in [2.45, 2.75) is 25.4 Å². The Hall–Kier alpha value is -3.18. The highest BCUT2D eigenvalue weighted by atomic mass is 16.1. The summed E-state index contributed by atoms with van der Waals surface area (Å²) >= 11 is 0. The van der Waals surface area contributed by atoms with Gasteiger partial charge in [-0.25, -0.2) is 4.68 Å². The number of amides is 1. The van der Waals surface area contributed by atoms with Crippen LogP contribution in [0.4, 0.5) is 0 Å². The summed E-state index contributed by atoms with van der Waals surface area (Å²) in [4.78, 5) is 14.8. The normalized spacial score (nSPS) is 18.2. The summed E-state index contributed by atoms with van der Waals surface area (Å²) in [6, 6.07) is 21.0. The number of nitrogens with one attached hydrogen (secondary N) is 1. The fraction of sp³-hybridized carbons (Fsp3) is 0.250. The number of benzene rings is 2. The van der Waals surface area contributed by atoms with E-state index in [4.69, 9.17) is 0 Å². The van der Waals surface area contributed by atoms with E-state index in [0.29, 0.717) is 6.04 Å². The van der Waals surface area contributed by atoms with Crippen molar-refractivity contribution in [3.8, 4) is 5.69 Å². The number of para-hydroxylation sites is 1. The monoisotopic (exact) mass is 386 g/mol. The van der Waals surface area contributed by atoms with Crippen molar-refractivity contribution < 1.29 is 4.79 Å². The lowest BCUT2D eigenvalue weighted by atomic mass is 10.1. The molecule has 2 atom stereocenters. The summed E-state index contributed by atoms with van der Waals surface area (Å²) in [5.74, 6) is -0.0586. The number of likely N-dealkylation sites (tertiary alicyclic amines) is 1. The van der Waals surface area contributed by atoms with Crippen LogP contribution in [0.25, 0.3) is 11.8 Å². The molecule has 1 fully saturated rings. The molecule has 3 aromatic rings. The molecule has 0 saturated carbocycles. The summed E-state index contributed by atoms with van der Waals surface area (Å²) in [6.45, 7) is 4.10. The number of nitrogens with zero attached hydrogens (tertiary/aromatic N) is 3. The van der Waals surface area contributed by atoms with Crippen molar-refractivity contribution in [1.82, 2.24) is 20.0 Å². The molecule has 5 nitrogen and oxygen atoms in total. The van der Waals surface area contributed by atoms with Crippen LogP contribution >= 0.6 is 0 Å². The van der Waals surface area contributed by atoms with Crippen LogP contribution in [0.2, 0.25) is 0 Å². The zero-order valence-corrected chi connectivity index (χ0v) is 16.6. The highest BCUT2D eigenvalue weighted by Crippen LogP contribution is 2.24. The highest BCUT2D eigenvalue weighted by Gasteiger charge is 2.27. The molecular weight excluding hydrogens is 360 g/mol. The molecule has 29 heavy (non-hydrogen) atoms. The van der Waals surface area contributed by atoms with Crippen LogP contribution < -0.4 is 5.32 Å². The number of carbonyl (C=O) groups is 1. The van der Waals surface area contributed by atoms with Crippen LogP contribution in [0.1, 0.15) is 30.5 Å². The number of hydrogen-bond acceptors (Lipinski definition) is 3. The van der Waals surface area contributed by atoms with Crippen molar-refractivity contribution in [2.75, 3.05) is 13.1 Å². The molecule has 4 rings (SSSR count). The van der Waals surface area contributed by atoms with Gasteiger partial charge in [-0.15, -0.1) is 0 Å². The summed E-state index contributed by atoms with van der Waals surface area (Å²) in [7, 11) is 0. The number of hydrogen-bond donors (Lipinski definition) is 1. The van der Waals surface area contributed by atoms with E-state index in [-0.39, 0.29) is 11.9 Å². The molecule has 0 radical (unpaired) electrons. The van der Waals surface area contributed by atoms with Crippen LogP contribution in [0.15, 0.2) is 79.1 Å². The first-order valence-corrected chi connectivity index (χ1v) is 10.1. The number of carbonyl (C=O) groups excluding carboxylic acids is 1. The lowest BCUT2D eigenvalue weighted by molar-refractivity contribution is -0.117. The van der Waals surface area contributed by atoms with Gasteiger partial charge in [0.2, 0.25) is 5.91 Å². The maximum absolute atomic E-state index is 12.4. The van der Waals surface area contributed by atoms with Gasteiger partial charge in [-0.3, -0.25) is 9.69 Å². The summed E-state index contributed by atoms with van der Waals surface area (Å²) in [6.07, 6.45) is 8.05. The van der Waals surface area contributed by atoms with E-state index in [2.05, 4.69) is 46.5 Å². The predicted molar refractivity (Wildman–Crippen MR) is 116 cm³/mol. The van der Waals surface area contributed by atoms with Gasteiger partial charge in [0, 0.05) is 43.0 Å². The molecule has 2 heterocycles. The Balaban J connectivity index is 1.30. The van der Waals surface area contributed by atoms with E-state index < -0.39 is 0 Å². The van der Waals surface area contributed by atoms with E-state index in [9.17, 15) is 4.79 Å². The lowest BCUT2D eigenvalue weighted by Crippen LogP contribution is -2.36. The zero-order valence-electron chi connectivity index (χ0n) is 16.6. The molecular formula is C24H26N4O. The highest BCUT2D eigenvalue weighted by molar-refractivity contribution is 5.91. The molecule has 1 saturated heterocycles. The van der Waals surface area contributed by atoms with Crippen molar-refractivity contribution in [1.29, 1.82) is 0 Å². The van der Waals surface area contributed by atoms with Crippen LogP contribution in [0, 0.1) is 0 Å². The first kappa shape index (κ1) is 19.2. The van der Waals surface area contributed by atoms with Gasteiger partial charge in [0.25, 0.3) is 0 Å². The SMILES string of the molecule is CC(c1ccccc1)N1CCC(NC(=O)/C=C/c2cnn(-c3ccccc3)c2)C1. The van der Waals surface area contributed by atoms with Crippen LogP contribution in [0.3, 0.4) is 0 Å². The molecule has 2 unspecified atom stereocenters. The lowest BCUT2D eigenvalue weighted by Gasteiger charge is -2.24. The quantitative estimate of drug-likeness (QED) is 0.655. The van der Waals surface area contributed by atoms with Crippen molar-refractivity contribution in [2.24, 2.45) is 0 Å². The third kappa shape index (κ3) is 4.81. The van der Waals surface area contributed by atoms with Gasteiger partial charge in [0.1, 0.15) is 0 Å². The Morgan fingerprint density at radius 3 is 2.62 bits per heavy atom. The molecule has 1 aliphatic heterocycles. The second-order valence-corrected chi connectivity index (χ2v) is 7.46. The first-order chi connectivity index (χ1) is 14.2. The first-order valence-electron chi connectivity index (χ1n) is 10.1. The maximum Gasteiger partial charge on any atom is 0.244 e. The van der Waals surface area contributed by atoms with Crippen molar-refractivity contribution in [3.63, 3.8) is 0 Å². The smallest absolute Gasteiger partial charge is 0.244 e. The van der Waals surface area contributed by atoms with Crippen LogP contribution in [-0.2, 0) is 4.79 Å². The minimum Gasteiger partial charge on any atom is -0.348 e. The summed E-state index contributed by atoms with van der Waals surface area (Å²) in [5, 5.41) is 7.48. The van der Waals surface area contributed by atoms with Gasteiger partial charge in [0.05, 0.1) is 11.9 Å². The van der Waals surface area contributed by atoms with Gasteiger partial charge in [-0.1, -0.05) is 48.5 Å². The molecule has 1 amide bonds. The Kier molecular flexibility index (Phi) is 5.86. The average molecular weight is 386 g/mol. The average Bonchev–Trinajstić information content (AvgIpc) is 3.43. The predicted octanol–water partition coefficient (Wildman–Crippen LogP) is 3.84. The summed E-state index contributed by atoms with van der Waals surface area (Å²) in [5.41, 5.74) is 3.21. The molecule has 5 heteroatoms. The van der Waals surface area contributed by atoms with E-state index in [1.54, 1.807) is 23.0 Å². The topological polar surface area (TPSA) is 50.2 Å². The Morgan fingerprint density at radius 1 is 1.14 bits per heavy atom. The number of rotatable bonds is 6. The Bertz CT molecular complexity index is 965. The Morgan fingerprint density at radius 2 is 1.86 bits per heavy atom. The third-order valence-electron chi connectivity index (χ3n) is 5.45. The van der Waals surface area contributed by atoms with Gasteiger partial charge in [-0.2, -0.15) is 5.10 Å².